The number of halogens is 2. The fourth-order valence-corrected chi connectivity index (χ4v) is 4.04. The molecule has 170 valence electrons. The van der Waals surface area contributed by atoms with Crippen LogP contribution in [0, 0.1) is 6.92 Å². The first-order chi connectivity index (χ1) is 15.9. The van der Waals surface area contributed by atoms with E-state index >= 15 is 0 Å². The van der Waals surface area contributed by atoms with Gasteiger partial charge in [-0.1, -0.05) is 53.5 Å². The first-order valence-electron chi connectivity index (χ1n) is 10.6. The number of nitrogens with zero attached hydrogens (tertiary/aromatic N) is 1. The Kier molecular flexibility index (Phi) is 7.06. The van der Waals surface area contributed by atoms with Crippen molar-refractivity contribution in [2.24, 2.45) is 0 Å². The van der Waals surface area contributed by atoms with Gasteiger partial charge in [-0.2, -0.15) is 0 Å². The molecule has 4 rings (SSSR count). The molecule has 6 nitrogen and oxygen atoms in total. The van der Waals surface area contributed by atoms with Crippen LogP contribution >= 0.6 is 23.2 Å². The summed E-state index contributed by atoms with van der Waals surface area (Å²) in [4.78, 5) is 25.9. The van der Waals surface area contributed by atoms with Gasteiger partial charge in [-0.05, 0) is 60.9 Å². The minimum absolute atomic E-state index is 0.195. The van der Waals surface area contributed by atoms with Crippen LogP contribution in [0.5, 0.6) is 5.75 Å². The minimum Gasteiger partial charge on any atom is -0.493 e. The third kappa shape index (κ3) is 5.41. The van der Waals surface area contributed by atoms with E-state index in [0.717, 1.165) is 16.9 Å². The third-order valence-electron chi connectivity index (χ3n) is 5.28. The Labute approximate surface area is 202 Å². The molecule has 8 heteroatoms. The van der Waals surface area contributed by atoms with Crippen LogP contribution in [0.1, 0.15) is 40.5 Å². The van der Waals surface area contributed by atoms with Crippen molar-refractivity contribution in [3.8, 4) is 5.75 Å². The van der Waals surface area contributed by atoms with Crippen molar-refractivity contribution in [3.63, 3.8) is 0 Å². The number of hydrogen-bond donors (Lipinski definition) is 2. The average Bonchev–Trinajstić information content (AvgIpc) is 2.80. The van der Waals surface area contributed by atoms with Crippen molar-refractivity contribution in [2.75, 3.05) is 11.9 Å². The Hall–Kier alpha value is -3.22. The zero-order valence-electron chi connectivity index (χ0n) is 18.0. The van der Waals surface area contributed by atoms with Crippen molar-refractivity contribution in [1.82, 2.24) is 10.4 Å². The Morgan fingerprint density at radius 1 is 1.06 bits per heavy atom. The van der Waals surface area contributed by atoms with E-state index in [9.17, 15) is 9.59 Å². The summed E-state index contributed by atoms with van der Waals surface area (Å²) < 4.78 is 5.76. The second-order valence-electron chi connectivity index (χ2n) is 7.72. The summed E-state index contributed by atoms with van der Waals surface area (Å²) in [6.45, 7) is 2.28. The lowest BCUT2D eigenvalue weighted by Gasteiger charge is -2.37. The van der Waals surface area contributed by atoms with Crippen molar-refractivity contribution in [2.45, 2.75) is 25.9 Å². The Balaban J connectivity index is 1.42. The molecule has 33 heavy (non-hydrogen) atoms. The van der Waals surface area contributed by atoms with E-state index in [-0.39, 0.29) is 18.2 Å². The fourth-order valence-electron chi connectivity index (χ4n) is 3.64. The van der Waals surface area contributed by atoms with Gasteiger partial charge in [0.25, 0.3) is 5.91 Å². The van der Waals surface area contributed by atoms with Crippen LogP contribution < -0.4 is 15.5 Å². The Morgan fingerprint density at radius 2 is 1.79 bits per heavy atom. The summed E-state index contributed by atoms with van der Waals surface area (Å²) in [6, 6.07) is 19.9. The number of ether oxygens (including phenoxy) is 1. The van der Waals surface area contributed by atoms with Crippen molar-refractivity contribution < 1.29 is 14.3 Å². The normalized spacial score (nSPS) is 14.9. The summed E-state index contributed by atoms with van der Waals surface area (Å²) in [5.41, 5.74) is 5.59. The maximum atomic E-state index is 13.2. The standard InChI is InChI=1S/C25H23Cl2N3O3/c1-16-14-18(26)10-12-22(16)33-13-5-8-23(31)29-30-24(17-6-3-2-4-7-17)28-21-11-9-19(27)15-20(21)25(30)32/h2-4,6-7,9-12,14-15,24,28H,5,8,13H2,1H3,(H,29,31). The molecule has 3 aromatic rings. The number of benzene rings is 3. The molecular weight excluding hydrogens is 461 g/mol. The molecule has 1 aliphatic rings. The number of hydrazine groups is 1. The van der Waals surface area contributed by atoms with Gasteiger partial charge in [-0.3, -0.25) is 15.0 Å². The van der Waals surface area contributed by atoms with Crippen LogP contribution in [0.4, 0.5) is 5.69 Å². The van der Waals surface area contributed by atoms with Crippen molar-refractivity contribution in [3.05, 3.63) is 93.5 Å². The summed E-state index contributed by atoms with van der Waals surface area (Å²) in [5, 5.41) is 5.74. The highest BCUT2D eigenvalue weighted by Crippen LogP contribution is 2.33. The highest BCUT2D eigenvalue weighted by molar-refractivity contribution is 6.31. The average molecular weight is 484 g/mol. The van der Waals surface area contributed by atoms with E-state index in [1.54, 1.807) is 24.3 Å². The SMILES string of the molecule is Cc1cc(Cl)ccc1OCCCC(=O)NN1C(=O)c2cc(Cl)ccc2NC1c1ccccc1. The van der Waals surface area contributed by atoms with Crippen LogP contribution in [0.15, 0.2) is 66.7 Å². The zero-order chi connectivity index (χ0) is 23.4. The van der Waals surface area contributed by atoms with Gasteiger partial charge in [0.05, 0.1) is 12.2 Å². The van der Waals surface area contributed by atoms with Gasteiger partial charge in [0.2, 0.25) is 5.91 Å². The molecule has 1 heterocycles. The van der Waals surface area contributed by atoms with Gasteiger partial charge < -0.3 is 10.1 Å². The summed E-state index contributed by atoms with van der Waals surface area (Å²) >= 11 is 12.1. The number of fused-ring (bicyclic) bond motifs is 1. The maximum Gasteiger partial charge on any atom is 0.276 e. The molecule has 3 aromatic carbocycles. The largest absolute Gasteiger partial charge is 0.493 e. The molecule has 0 spiro atoms. The predicted molar refractivity (Wildman–Crippen MR) is 129 cm³/mol. The van der Waals surface area contributed by atoms with E-state index in [2.05, 4.69) is 10.7 Å². The third-order valence-corrected chi connectivity index (χ3v) is 5.75. The molecule has 0 radical (unpaired) electrons. The molecule has 0 saturated heterocycles. The number of rotatable bonds is 7. The molecule has 2 amide bonds. The molecule has 1 atom stereocenters. The number of aryl methyl sites for hydroxylation is 1. The first kappa shape index (κ1) is 23.0. The lowest BCUT2D eigenvalue weighted by molar-refractivity contribution is -0.126. The molecule has 0 aliphatic carbocycles. The van der Waals surface area contributed by atoms with Gasteiger partial charge in [0.1, 0.15) is 11.9 Å². The van der Waals surface area contributed by atoms with Gasteiger partial charge in [-0.25, -0.2) is 5.01 Å². The zero-order valence-corrected chi connectivity index (χ0v) is 19.5. The van der Waals surface area contributed by atoms with Crippen LogP contribution in [-0.2, 0) is 4.79 Å². The summed E-state index contributed by atoms with van der Waals surface area (Å²) in [7, 11) is 0. The van der Waals surface area contributed by atoms with E-state index in [4.69, 9.17) is 27.9 Å². The number of hydrogen-bond acceptors (Lipinski definition) is 4. The lowest BCUT2D eigenvalue weighted by atomic mass is 10.0. The smallest absolute Gasteiger partial charge is 0.276 e. The minimum atomic E-state index is -0.552. The molecule has 0 fully saturated rings. The van der Waals surface area contributed by atoms with Gasteiger partial charge in [0.15, 0.2) is 0 Å². The van der Waals surface area contributed by atoms with E-state index in [0.29, 0.717) is 34.3 Å². The number of carbonyl (C=O) groups excluding carboxylic acids is 2. The maximum absolute atomic E-state index is 13.2. The van der Waals surface area contributed by atoms with Gasteiger partial charge >= 0.3 is 0 Å². The summed E-state index contributed by atoms with van der Waals surface area (Å²) in [5.74, 6) is 0.113. The number of amides is 2. The van der Waals surface area contributed by atoms with Gasteiger partial charge in [0, 0.05) is 22.2 Å². The lowest BCUT2D eigenvalue weighted by Crippen LogP contribution is -2.52. The highest BCUT2D eigenvalue weighted by Gasteiger charge is 2.34. The Bertz CT molecular complexity index is 1170. The summed E-state index contributed by atoms with van der Waals surface area (Å²) in [6.07, 6.45) is 0.131. The van der Waals surface area contributed by atoms with E-state index in [1.807, 2.05) is 49.4 Å². The Morgan fingerprint density at radius 3 is 2.55 bits per heavy atom. The van der Waals surface area contributed by atoms with E-state index < -0.39 is 6.17 Å². The van der Waals surface area contributed by atoms with Crippen LogP contribution in [-0.4, -0.2) is 23.4 Å². The molecule has 0 saturated carbocycles. The molecule has 0 bridgehead atoms. The fraction of sp³-hybridized carbons (Fsp3) is 0.200. The molecule has 1 unspecified atom stereocenters. The second kappa shape index (κ2) is 10.1. The molecule has 2 N–H and O–H groups in total. The van der Waals surface area contributed by atoms with Gasteiger partial charge in [-0.15, -0.1) is 0 Å². The van der Waals surface area contributed by atoms with Crippen molar-refractivity contribution in [1.29, 1.82) is 0 Å². The van der Waals surface area contributed by atoms with Crippen LogP contribution in [0.2, 0.25) is 10.0 Å². The first-order valence-corrected chi connectivity index (χ1v) is 11.3. The topological polar surface area (TPSA) is 70.7 Å². The second-order valence-corrected chi connectivity index (χ2v) is 8.59. The van der Waals surface area contributed by atoms with E-state index in [1.165, 1.54) is 5.01 Å². The van der Waals surface area contributed by atoms with Crippen molar-refractivity contribution >= 4 is 40.7 Å². The highest BCUT2D eigenvalue weighted by atomic mass is 35.5. The molecule has 0 aromatic heterocycles. The van der Waals surface area contributed by atoms with Crippen LogP contribution in [0.25, 0.3) is 0 Å². The molecular formula is C25H23Cl2N3O3. The van der Waals surface area contributed by atoms with Crippen LogP contribution in [0.3, 0.4) is 0 Å². The molecule has 1 aliphatic heterocycles. The predicted octanol–water partition coefficient (Wildman–Crippen LogP) is 5.76. The number of nitrogens with one attached hydrogen (secondary N) is 2. The quantitative estimate of drug-likeness (QED) is 0.419. The number of anilines is 1. The number of carbonyl (C=O) groups is 2. The monoisotopic (exact) mass is 483 g/mol.